The minimum absolute atomic E-state index is 0.0505. The molecule has 0 fully saturated rings. The highest BCUT2D eigenvalue weighted by Crippen LogP contribution is 2.34. The first-order valence-corrected chi connectivity index (χ1v) is 12.6. The van der Waals surface area contributed by atoms with Crippen LogP contribution in [0.3, 0.4) is 0 Å². The maximum Gasteiger partial charge on any atom is 0.259 e. The Balaban J connectivity index is 1.68. The second-order valence-electron chi connectivity index (χ2n) is 8.33. The van der Waals surface area contributed by atoms with Crippen LogP contribution in [0.25, 0.3) is 33.3 Å². The third-order valence-electron chi connectivity index (χ3n) is 5.71. The number of rotatable bonds is 5. The molecule has 3 aromatic heterocycles. The SMILES string of the molecule is Cc1cc([C@@H](C)Oc2ccc(Cl)nc2S(N)(=O)=O)c2oc(-c3ccc4nonc4c3)c(C)c(=O)c2c1. The van der Waals surface area contributed by atoms with Gasteiger partial charge in [-0.1, -0.05) is 11.6 Å². The number of halogens is 1. The summed E-state index contributed by atoms with van der Waals surface area (Å²) in [5, 5.41) is 12.8. The molecule has 0 unspecified atom stereocenters. The van der Waals surface area contributed by atoms with E-state index in [1.54, 1.807) is 44.2 Å². The fourth-order valence-electron chi connectivity index (χ4n) is 4.02. The van der Waals surface area contributed by atoms with E-state index in [0.717, 1.165) is 5.56 Å². The standard InChI is InChI=1S/C24H19ClN4O6S/c1-11-8-15(13(3)33-19-6-7-20(25)27-24(19)36(26,31)32)23-16(9-11)21(30)12(2)22(34-23)14-4-5-17-18(10-14)29-35-28-17/h4-10,13H,1-3H3,(H2,26,31,32)/t13-/m1/s1. The van der Waals surface area contributed by atoms with Crippen LogP contribution < -0.4 is 15.3 Å². The highest BCUT2D eigenvalue weighted by Gasteiger charge is 2.24. The molecule has 12 heteroatoms. The van der Waals surface area contributed by atoms with Gasteiger partial charge in [0.25, 0.3) is 10.0 Å². The molecule has 0 saturated heterocycles. The van der Waals surface area contributed by atoms with Crippen molar-refractivity contribution in [1.29, 1.82) is 0 Å². The van der Waals surface area contributed by atoms with Gasteiger partial charge in [-0.05, 0) is 79.1 Å². The number of fused-ring (bicyclic) bond motifs is 2. The maximum atomic E-state index is 13.4. The summed E-state index contributed by atoms with van der Waals surface area (Å²) >= 11 is 5.86. The largest absolute Gasteiger partial charge is 0.483 e. The number of ether oxygens (including phenoxy) is 1. The molecule has 0 amide bonds. The number of nitrogens with two attached hydrogens (primary N) is 1. The van der Waals surface area contributed by atoms with E-state index in [1.807, 2.05) is 6.92 Å². The van der Waals surface area contributed by atoms with E-state index in [-0.39, 0.29) is 16.3 Å². The van der Waals surface area contributed by atoms with Gasteiger partial charge in [0, 0.05) is 16.7 Å². The Kier molecular flexibility index (Phi) is 5.78. The van der Waals surface area contributed by atoms with Gasteiger partial charge in [0.15, 0.2) is 11.2 Å². The zero-order valence-corrected chi connectivity index (χ0v) is 20.8. The fraction of sp³-hybridized carbons (Fsp3) is 0.167. The van der Waals surface area contributed by atoms with Gasteiger partial charge in [0.2, 0.25) is 5.03 Å². The first-order chi connectivity index (χ1) is 17.0. The zero-order chi connectivity index (χ0) is 25.8. The number of sulfonamides is 1. The Labute approximate surface area is 209 Å². The Morgan fingerprint density at radius 2 is 1.81 bits per heavy atom. The zero-order valence-electron chi connectivity index (χ0n) is 19.3. The van der Waals surface area contributed by atoms with Crippen molar-refractivity contribution in [3.05, 3.63) is 74.5 Å². The lowest BCUT2D eigenvalue weighted by molar-refractivity contribution is 0.219. The highest BCUT2D eigenvalue weighted by atomic mass is 35.5. The van der Waals surface area contributed by atoms with Crippen LogP contribution in [0.2, 0.25) is 5.15 Å². The van der Waals surface area contributed by atoms with E-state index in [4.69, 9.17) is 30.5 Å². The first-order valence-electron chi connectivity index (χ1n) is 10.7. The normalized spacial score (nSPS) is 12.8. The van der Waals surface area contributed by atoms with Crippen molar-refractivity contribution in [2.75, 3.05) is 0 Å². The van der Waals surface area contributed by atoms with Crippen LogP contribution in [-0.4, -0.2) is 23.7 Å². The Bertz CT molecular complexity index is 1830. The van der Waals surface area contributed by atoms with Crippen LogP contribution in [-0.2, 0) is 10.0 Å². The van der Waals surface area contributed by atoms with Crippen molar-refractivity contribution < 1.29 is 22.2 Å². The number of hydrogen-bond donors (Lipinski definition) is 1. The average Bonchev–Trinajstić information content (AvgIpc) is 3.29. The molecule has 0 radical (unpaired) electrons. The number of nitrogens with zero attached hydrogens (tertiary/aromatic N) is 3. The summed E-state index contributed by atoms with van der Waals surface area (Å²) in [5.74, 6) is 0.274. The summed E-state index contributed by atoms with van der Waals surface area (Å²) in [7, 11) is -4.22. The van der Waals surface area contributed by atoms with Crippen molar-refractivity contribution in [3.8, 4) is 17.1 Å². The molecule has 2 N–H and O–H groups in total. The minimum atomic E-state index is -4.22. The average molecular weight is 527 g/mol. The highest BCUT2D eigenvalue weighted by molar-refractivity contribution is 7.89. The molecule has 1 atom stereocenters. The molecular weight excluding hydrogens is 508 g/mol. The van der Waals surface area contributed by atoms with E-state index >= 15 is 0 Å². The minimum Gasteiger partial charge on any atom is -0.483 e. The van der Waals surface area contributed by atoms with Gasteiger partial charge in [0.05, 0.1) is 5.39 Å². The summed E-state index contributed by atoms with van der Waals surface area (Å²) in [6, 6.07) is 11.5. The molecule has 5 aromatic rings. The number of aromatic nitrogens is 3. The third kappa shape index (κ3) is 4.21. The van der Waals surface area contributed by atoms with Crippen LogP contribution in [0.5, 0.6) is 5.75 Å². The van der Waals surface area contributed by atoms with Gasteiger partial charge >= 0.3 is 0 Å². The molecule has 3 heterocycles. The van der Waals surface area contributed by atoms with Gasteiger partial charge < -0.3 is 9.15 Å². The predicted molar refractivity (Wildman–Crippen MR) is 132 cm³/mol. The molecule has 5 rings (SSSR count). The van der Waals surface area contributed by atoms with E-state index < -0.39 is 21.2 Å². The van der Waals surface area contributed by atoms with Gasteiger partial charge in [-0.15, -0.1) is 0 Å². The second-order valence-corrected chi connectivity index (χ2v) is 10.2. The van der Waals surface area contributed by atoms with E-state index in [1.165, 1.54) is 12.1 Å². The number of hydrogen-bond acceptors (Lipinski definition) is 9. The van der Waals surface area contributed by atoms with Gasteiger partial charge in [0.1, 0.15) is 33.6 Å². The maximum absolute atomic E-state index is 13.4. The molecule has 0 aliphatic rings. The van der Waals surface area contributed by atoms with Crippen molar-refractivity contribution in [2.45, 2.75) is 31.9 Å². The molecule has 2 aromatic carbocycles. The summed E-state index contributed by atoms with van der Waals surface area (Å²) in [5.41, 5.74) is 3.54. The number of primary sulfonamides is 1. The lowest BCUT2D eigenvalue weighted by Gasteiger charge is -2.19. The van der Waals surface area contributed by atoms with Crippen LogP contribution >= 0.6 is 11.6 Å². The third-order valence-corrected chi connectivity index (χ3v) is 6.75. The number of benzene rings is 2. The van der Waals surface area contributed by atoms with Crippen LogP contribution in [0.1, 0.15) is 29.7 Å². The monoisotopic (exact) mass is 526 g/mol. The van der Waals surface area contributed by atoms with Gasteiger partial charge in [-0.25, -0.2) is 23.2 Å². The molecule has 0 aliphatic carbocycles. The lowest BCUT2D eigenvalue weighted by Crippen LogP contribution is -2.17. The quantitative estimate of drug-likeness (QED) is 0.327. The van der Waals surface area contributed by atoms with E-state index in [2.05, 4.69) is 15.3 Å². The van der Waals surface area contributed by atoms with Gasteiger partial charge in [-0.3, -0.25) is 4.79 Å². The lowest BCUT2D eigenvalue weighted by atomic mass is 10.00. The molecule has 0 aliphatic heterocycles. The molecule has 184 valence electrons. The molecular formula is C24H19ClN4O6S. The first kappa shape index (κ1) is 23.9. The molecule has 0 saturated carbocycles. The smallest absolute Gasteiger partial charge is 0.259 e. The van der Waals surface area contributed by atoms with Crippen molar-refractivity contribution in [3.63, 3.8) is 0 Å². The van der Waals surface area contributed by atoms with E-state index in [9.17, 15) is 13.2 Å². The Hall–Kier alpha value is -3.80. The Morgan fingerprint density at radius 1 is 1.06 bits per heavy atom. The fourth-order valence-corrected chi connectivity index (χ4v) is 4.84. The summed E-state index contributed by atoms with van der Waals surface area (Å²) in [6.07, 6.45) is -0.753. The molecule has 10 nitrogen and oxygen atoms in total. The topological polar surface area (TPSA) is 151 Å². The molecule has 0 bridgehead atoms. The number of pyridine rings is 1. The predicted octanol–water partition coefficient (Wildman–Crippen LogP) is 4.45. The molecule has 0 spiro atoms. The van der Waals surface area contributed by atoms with Crippen LogP contribution in [0.15, 0.2) is 61.3 Å². The van der Waals surface area contributed by atoms with Crippen LogP contribution in [0.4, 0.5) is 0 Å². The van der Waals surface area contributed by atoms with Crippen molar-refractivity contribution in [1.82, 2.24) is 15.3 Å². The number of aryl methyl sites for hydroxylation is 1. The van der Waals surface area contributed by atoms with Gasteiger partial charge in [-0.2, -0.15) is 0 Å². The van der Waals surface area contributed by atoms with Crippen molar-refractivity contribution in [2.24, 2.45) is 5.14 Å². The van der Waals surface area contributed by atoms with Crippen LogP contribution in [0, 0.1) is 13.8 Å². The summed E-state index contributed by atoms with van der Waals surface area (Å²) < 4.78 is 41.1. The second kappa shape index (κ2) is 8.70. The van der Waals surface area contributed by atoms with E-state index in [0.29, 0.717) is 44.5 Å². The Morgan fingerprint density at radius 3 is 2.56 bits per heavy atom. The summed E-state index contributed by atoms with van der Waals surface area (Å²) in [6.45, 7) is 5.22. The summed E-state index contributed by atoms with van der Waals surface area (Å²) in [4.78, 5) is 17.2. The van der Waals surface area contributed by atoms with Crippen molar-refractivity contribution >= 4 is 43.6 Å². The molecule has 36 heavy (non-hydrogen) atoms.